The quantitative estimate of drug-likeness (QED) is 0.482. The lowest BCUT2D eigenvalue weighted by molar-refractivity contribution is -0.151. The Kier molecular flexibility index (Phi) is 6.39. The average Bonchev–Trinajstić information content (AvgIpc) is 2.99. The molecule has 5 atom stereocenters. The Morgan fingerprint density at radius 3 is 2.83 bits per heavy atom. The summed E-state index contributed by atoms with van der Waals surface area (Å²) in [6, 6.07) is 0. The monoisotopic (exact) mass is 406 g/mol. The van der Waals surface area contributed by atoms with Gasteiger partial charge in [0.15, 0.2) is 0 Å². The second-order valence-corrected chi connectivity index (χ2v) is 9.65. The number of carbonyl (C=O) groups excluding carboxylic acids is 2. The number of carbonyl (C=O) groups is 3. The molecule has 1 saturated carbocycles. The first kappa shape index (κ1) is 21.8. The van der Waals surface area contributed by atoms with E-state index in [-0.39, 0.29) is 23.4 Å². The number of ether oxygens (including phenoxy) is 2. The molecule has 0 aromatic carbocycles. The molecule has 2 fully saturated rings. The zero-order valence-electron chi connectivity index (χ0n) is 17.9. The van der Waals surface area contributed by atoms with Crippen LogP contribution in [0.2, 0.25) is 0 Å². The third-order valence-electron chi connectivity index (χ3n) is 7.98. The normalized spacial score (nSPS) is 34.4. The van der Waals surface area contributed by atoms with Crippen LogP contribution in [-0.2, 0) is 23.9 Å². The highest BCUT2D eigenvalue weighted by Gasteiger charge is 2.60. The Balaban J connectivity index is 1.59. The smallest absolute Gasteiger partial charge is 0.334 e. The summed E-state index contributed by atoms with van der Waals surface area (Å²) in [4.78, 5) is 34.2. The Labute approximate surface area is 173 Å². The first-order valence-electron chi connectivity index (χ1n) is 10.9. The SMILES string of the molecule is C[C@H](CCOC(=O)CC(=O)O)CC[C@@]1(C)[C@H](C)CC[C@@]23COC(=O)C2=CCC[C@@H]31. The fraction of sp³-hybridized carbons (Fsp3) is 0.783. The second-order valence-electron chi connectivity index (χ2n) is 9.65. The number of hydrogen-bond acceptors (Lipinski definition) is 5. The molecule has 3 rings (SSSR count). The van der Waals surface area contributed by atoms with Gasteiger partial charge in [-0.25, -0.2) is 4.79 Å². The lowest BCUT2D eigenvalue weighted by Crippen LogP contribution is -2.51. The van der Waals surface area contributed by atoms with Gasteiger partial charge in [0.25, 0.3) is 0 Å². The topological polar surface area (TPSA) is 89.9 Å². The van der Waals surface area contributed by atoms with E-state index in [2.05, 4.69) is 26.8 Å². The van der Waals surface area contributed by atoms with E-state index in [1.807, 2.05) is 0 Å². The van der Waals surface area contributed by atoms with E-state index in [0.29, 0.717) is 24.4 Å². The largest absolute Gasteiger partial charge is 0.481 e. The van der Waals surface area contributed by atoms with E-state index in [0.717, 1.165) is 50.5 Å². The van der Waals surface area contributed by atoms with Crippen molar-refractivity contribution in [3.63, 3.8) is 0 Å². The summed E-state index contributed by atoms with van der Waals surface area (Å²) in [5.41, 5.74) is 0.997. The molecule has 1 N–H and O–H groups in total. The number of aliphatic carboxylic acids is 1. The molecule has 6 nitrogen and oxygen atoms in total. The van der Waals surface area contributed by atoms with Crippen LogP contribution in [0.1, 0.15) is 72.1 Å². The van der Waals surface area contributed by atoms with E-state index >= 15 is 0 Å². The van der Waals surface area contributed by atoms with Crippen LogP contribution < -0.4 is 0 Å². The molecule has 1 spiro atoms. The molecule has 0 amide bonds. The predicted molar refractivity (Wildman–Crippen MR) is 107 cm³/mol. The van der Waals surface area contributed by atoms with Crippen LogP contribution >= 0.6 is 0 Å². The molecule has 3 aliphatic rings. The maximum Gasteiger partial charge on any atom is 0.334 e. The Morgan fingerprint density at radius 2 is 2.10 bits per heavy atom. The number of allylic oxidation sites excluding steroid dienone is 1. The van der Waals surface area contributed by atoms with Crippen LogP contribution in [0.4, 0.5) is 0 Å². The molecular weight excluding hydrogens is 372 g/mol. The minimum atomic E-state index is -1.16. The summed E-state index contributed by atoms with van der Waals surface area (Å²) in [6.45, 7) is 7.71. The summed E-state index contributed by atoms with van der Waals surface area (Å²) >= 11 is 0. The van der Waals surface area contributed by atoms with Gasteiger partial charge in [0.1, 0.15) is 13.0 Å². The molecule has 0 unspecified atom stereocenters. The number of carboxylic acids is 1. The maximum atomic E-state index is 12.3. The molecule has 162 valence electrons. The van der Waals surface area contributed by atoms with Crippen LogP contribution in [0, 0.1) is 28.6 Å². The molecule has 29 heavy (non-hydrogen) atoms. The number of hydrogen-bond donors (Lipinski definition) is 1. The number of rotatable bonds is 8. The van der Waals surface area contributed by atoms with Crippen molar-refractivity contribution in [2.45, 2.75) is 72.1 Å². The first-order chi connectivity index (χ1) is 13.7. The van der Waals surface area contributed by atoms with Crippen LogP contribution in [0.15, 0.2) is 11.6 Å². The van der Waals surface area contributed by atoms with E-state index in [9.17, 15) is 14.4 Å². The molecule has 0 bridgehead atoms. The van der Waals surface area contributed by atoms with Gasteiger partial charge in [-0.1, -0.05) is 33.3 Å². The standard InChI is InChI=1S/C23H34O6/c1-15(9-12-28-20(26)13-19(24)25)7-10-22(3)16(2)8-11-23-14-29-21(27)17(23)5-4-6-18(22)23/h5,15-16,18H,4,6-14H2,1-3H3,(H,24,25)/t15-,16+,18+,22-,23+/m0/s1. The highest BCUT2D eigenvalue weighted by molar-refractivity contribution is 5.92. The minimum Gasteiger partial charge on any atom is -0.481 e. The number of cyclic esters (lactones) is 1. The summed E-state index contributed by atoms with van der Waals surface area (Å²) in [7, 11) is 0. The third kappa shape index (κ3) is 4.22. The lowest BCUT2D eigenvalue weighted by Gasteiger charge is -2.56. The minimum absolute atomic E-state index is 0.0911. The van der Waals surface area contributed by atoms with Gasteiger partial charge >= 0.3 is 17.9 Å². The van der Waals surface area contributed by atoms with Gasteiger partial charge in [-0.05, 0) is 61.7 Å². The van der Waals surface area contributed by atoms with Gasteiger partial charge in [0.2, 0.25) is 0 Å². The van der Waals surface area contributed by atoms with Crippen molar-refractivity contribution in [3.8, 4) is 0 Å². The Morgan fingerprint density at radius 1 is 1.34 bits per heavy atom. The highest BCUT2D eigenvalue weighted by Crippen LogP contribution is 2.63. The predicted octanol–water partition coefficient (Wildman–Crippen LogP) is 4.13. The lowest BCUT2D eigenvalue weighted by atomic mass is 9.46. The molecule has 6 heteroatoms. The highest BCUT2D eigenvalue weighted by atomic mass is 16.5. The van der Waals surface area contributed by atoms with Crippen LogP contribution in [0.25, 0.3) is 0 Å². The summed E-state index contributed by atoms with van der Waals surface area (Å²) in [5.74, 6) is -0.504. The van der Waals surface area contributed by atoms with Crippen LogP contribution in [0.5, 0.6) is 0 Å². The van der Waals surface area contributed by atoms with Crippen molar-refractivity contribution >= 4 is 17.9 Å². The van der Waals surface area contributed by atoms with E-state index in [1.165, 1.54) is 0 Å². The van der Waals surface area contributed by atoms with Crippen molar-refractivity contribution < 1.29 is 29.0 Å². The molecule has 0 aromatic heterocycles. The van der Waals surface area contributed by atoms with Crippen molar-refractivity contribution in [2.75, 3.05) is 13.2 Å². The van der Waals surface area contributed by atoms with E-state index < -0.39 is 18.4 Å². The van der Waals surface area contributed by atoms with E-state index in [1.54, 1.807) is 0 Å². The van der Waals surface area contributed by atoms with Crippen molar-refractivity contribution in [1.29, 1.82) is 0 Å². The maximum absolute atomic E-state index is 12.3. The molecule has 0 radical (unpaired) electrons. The second kappa shape index (κ2) is 8.49. The van der Waals surface area contributed by atoms with Crippen molar-refractivity contribution in [1.82, 2.24) is 0 Å². The van der Waals surface area contributed by atoms with E-state index in [4.69, 9.17) is 14.6 Å². The number of esters is 2. The molecule has 1 aliphatic heterocycles. The van der Waals surface area contributed by atoms with Crippen LogP contribution in [0.3, 0.4) is 0 Å². The van der Waals surface area contributed by atoms with Gasteiger partial charge in [-0.15, -0.1) is 0 Å². The molecule has 1 heterocycles. The molecule has 2 aliphatic carbocycles. The fourth-order valence-electron chi connectivity index (χ4n) is 5.96. The first-order valence-corrected chi connectivity index (χ1v) is 10.9. The van der Waals surface area contributed by atoms with Gasteiger partial charge in [0.05, 0.1) is 6.61 Å². The fourth-order valence-corrected chi connectivity index (χ4v) is 5.96. The molecule has 0 aromatic rings. The average molecular weight is 407 g/mol. The zero-order valence-corrected chi connectivity index (χ0v) is 17.9. The van der Waals surface area contributed by atoms with Gasteiger partial charge < -0.3 is 14.6 Å². The zero-order chi connectivity index (χ0) is 21.2. The Hall–Kier alpha value is -1.85. The molecular formula is C23H34O6. The summed E-state index contributed by atoms with van der Waals surface area (Å²) < 4.78 is 10.6. The summed E-state index contributed by atoms with van der Waals surface area (Å²) in [5, 5.41) is 8.61. The Bertz CT molecular complexity index is 697. The van der Waals surface area contributed by atoms with Gasteiger partial charge in [-0.2, -0.15) is 0 Å². The van der Waals surface area contributed by atoms with Crippen molar-refractivity contribution in [2.24, 2.45) is 28.6 Å². The summed E-state index contributed by atoms with van der Waals surface area (Å²) in [6.07, 6.45) is 8.60. The number of carboxylic acid groups (broad SMARTS) is 1. The van der Waals surface area contributed by atoms with Gasteiger partial charge in [0, 0.05) is 11.0 Å². The third-order valence-corrected chi connectivity index (χ3v) is 7.98. The van der Waals surface area contributed by atoms with Crippen molar-refractivity contribution in [3.05, 3.63) is 11.6 Å². The van der Waals surface area contributed by atoms with Crippen LogP contribution in [-0.4, -0.2) is 36.2 Å². The van der Waals surface area contributed by atoms with Gasteiger partial charge in [-0.3, -0.25) is 9.59 Å². The molecule has 1 saturated heterocycles.